The van der Waals surface area contributed by atoms with Crippen molar-refractivity contribution in [3.05, 3.63) is 73.7 Å². The fourth-order valence-electron chi connectivity index (χ4n) is 4.76. The summed E-state index contributed by atoms with van der Waals surface area (Å²) in [6, 6.07) is 7.22. The number of H-pyrrole nitrogens is 1. The third-order valence-corrected chi connectivity index (χ3v) is 7.07. The van der Waals surface area contributed by atoms with Gasteiger partial charge in [-0.3, -0.25) is 19.2 Å². The van der Waals surface area contributed by atoms with E-state index >= 15 is 0 Å². The number of unbranched alkanes of at least 4 members (excludes halogenated alkanes) is 1. The first kappa shape index (κ1) is 29.8. The average Bonchev–Trinajstić information content (AvgIpc) is 2.92. The van der Waals surface area contributed by atoms with E-state index in [1.54, 1.807) is 4.90 Å². The van der Waals surface area contributed by atoms with Gasteiger partial charge in [0.15, 0.2) is 5.69 Å². The number of aromatic carboxylic acids is 1. The molecule has 3 N–H and O–H groups in total. The summed E-state index contributed by atoms with van der Waals surface area (Å²) < 4.78 is 41.0. The lowest BCUT2D eigenvalue weighted by Crippen LogP contribution is -2.47. The zero-order valence-corrected chi connectivity index (χ0v) is 22.8. The average molecular weight is 576 g/mol. The fraction of sp³-hybridized carbons (Fsp3) is 0.444. The Kier molecular flexibility index (Phi) is 9.11. The molecule has 1 aliphatic heterocycles. The van der Waals surface area contributed by atoms with Gasteiger partial charge in [-0.05, 0) is 56.0 Å². The molecule has 0 amide bonds. The molecule has 3 heterocycles. The molecule has 0 saturated carbocycles. The number of aryl methyl sites for hydroxylation is 2. The van der Waals surface area contributed by atoms with Gasteiger partial charge in [0.25, 0.3) is 5.56 Å². The molecule has 1 fully saturated rings. The summed E-state index contributed by atoms with van der Waals surface area (Å²) in [5, 5.41) is 12.1. The number of alkyl halides is 3. The number of nitrogens with zero attached hydrogens (tertiary/aromatic N) is 5. The Labute approximate surface area is 233 Å². The summed E-state index contributed by atoms with van der Waals surface area (Å²) in [7, 11) is 0. The molecule has 0 radical (unpaired) electrons. The van der Waals surface area contributed by atoms with Crippen LogP contribution in [0.3, 0.4) is 0 Å². The highest BCUT2D eigenvalue weighted by molar-refractivity contribution is 5.88. The van der Waals surface area contributed by atoms with Gasteiger partial charge >= 0.3 is 17.8 Å². The summed E-state index contributed by atoms with van der Waals surface area (Å²) in [6.45, 7) is 6.86. The van der Waals surface area contributed by atoms with Crippen molar-refractivity contribution >= 4 is 23.4 Å². The van der Waals surface area contributed by atoms with Crippen LogP contribution in [0.4, 0.5) is 30.6 Å². The van der Waals surface area contributed by atoms with Crippen LogP contribution < -0.4 is 21.5 Å². The summed E-state index contributed by atoms with van der Waals surface area (Å²) in [5.41, 5.74) is -0.226. The molecule has 0 atom stereocenters. The second kappa shape index (κ2) is 12.5. The van der Waals surface area contributed by atoms with Crippen LogP contribution in [0.2, 0.25) is 0 Å². The number of benzene rings is 1. The molecule has 0 aliphatic carbocycles. The van der Waals surface area contributed by atoms with Crippen LogP contribution in [0.1, 0.15) is 46.9 Å². The first-order valence-corrected chi connectivity index (χ1v) is 13.3. The molecule has 3 aromatic rings. The maximum absolute atomic E-state index is 13.3. The highest BCUT2D eigenvalue weighted by Crippen LogP contribution is 2.31. The summed E-state index contributed by atoms with van der Waals surface area (Å²) in [4.78, 5) is 50.1. The van der Waals surface area contributed by atoms with Gasteiger partial charge in [0.2, 0.25) is 5.95 Å². The van der Waals surface area contributed by atoms with Crippen LogP contribution in [0.25, 0.3) is 0 Å². The summed E-state index contributed by atoms with van der Waals surface area (Å²) >= 11 is 0. The Hall–Kier alpha value is -4.20. The number of piperazine rings is 1. The van der Waals surface area contributed by atoms with Crippen molar-refractivity contribution in [2.45, 2.75) is 45.8 Å². The molecular weight excluding hydrogens is 543 g/mol. The molecule has 4 rings (SSSR count). The first-order chi connectivity index (χ1) is 19.5. The molecule has 0 bridgehead atoms. The Balaban J connectivity index is 1.27. The quantitative estimate of drug-likeness (QED) is 0.311. The SMILES string of the molecule is CCc1cc(Nc2cc(=O)n(CCCCN3CCN(c4ncc(C(=O)O)c(C(F)(F)F)n4)CC3)c(=O)[nH]2)ccc1C. The summed E-state index contributed by atoms with van der Waals surface area (Å²) in [6.07, 6.45) is -2.06. The Bertz CT molecular complexity index is 1480. The molecule has 220 valence electrons. The number of carboxylic acid groups (broad SMARTS) is 1. The van der Waals surface area contributed by atoms with Crippen molar-refractivity contribution < 1.29 is 23.1 Å². The number of nitrogens with one attached hydrogen (secondary N) is 2. The molecule has 41 heavy (non-hydrogen) atoms. The number of hydrogen-bond acceptors (Lipinski definition) is 8. The van der Waals surface area contributed by atoms with E-state index in [1.165, 1.54) is 17.2 Å². The van der Waals surface area contributed by atoms with E-state index in [2.05, 4.69) is 32.1 Å². The van der Waals surface area contributed by atoms with Gasteiger partial charge in [-0.25, -0.2) is 19.6 Å². The maximum Gasteiger partial charge on any atom is 0.434 e. The lowest BCUT2D eigenvalue weighted by molar-refractivity contribution is -0.141. The minimum atomic E-state index is -4.91. The van der Waals surface area contributed by atoms with Crippen molar-refractivity contribution in [1.29, 1.82) is 0 Å². The topological polar surface area (TPSA) is 136 Å². The van der Waals surface area contributed by atoms with Gasteiger partial charge in [-0.2, -0.15) is 13.2 Å². The number of rotatable bonds is 10. The van der Waals surface area contributed by atoms with Crippen LogP contribution in [0.15, 0.2) is 40.1 Å². The van der Waals surface area contributed by atoms with Crippen molar-refractivity contribution in [1.82, 2.24) is 24.4 Å². The van der Waals surface area contributed by atoms with Crippen LogP contribution in [-0.4, -0.2) is 68.2 Å². The monoisotopic (exact) mass is 575 g/mol. The van der Waals surface area contributed by atoms with E-state index < -0.39 is 34.7 Å². The zero-order valence-electron chi connectivity index (χ0n) is 22.8. The van der Waals surface area contributed by atoms with Crippen LogP contribution in [0, 0.1) is 6.92 Å². The van der Waals surface area contributed by atoms with E-state index in [9.17, 15) is 27.6 Å². The molecule has 14 heteroatoms. The van der Waals surface area contributed by atoms with Crippen LogP contribution in [-0.2, 0) is 19.1 Å². The molecule has 1 saturated heterocycles. The van der Waals surface area contributed by atoms with Gasteiger partial charge in [0.05, 0.1) is 0 Å². The number of carboxylic acids is 1. The smallest absolute Gasteiger partial charge is 0.434 e. The van der Waals surface area contributed by atoms with E-state index in [-0.39, 0.29) is 12.5 Å². The molecule has 1 aliphatic rings. The zero-order chi connectivity index (χ0) is 29.7. The van der Waals surface area contributed by atoms with E-state index in [1.807, 2.05) is 25.1 Å². The minimum absolute atomic E-state index is 0.160. The molecule has 0 spiro atoms. The second-order valence-corrected chi connectivity index (χ2v) is 9.87. The van der Waals surface area contributed by atoms with Gasteiger partial charge < -0.3 is 15.3 Å². The number of halogens is 3. The predicted molar refractivity (Wildman–Crippen MR) is 147 cm³/mol. The standard InChI is InChI=1S/C27H32F3N7O4/c1-3-18-14-19(7-6-17(18)2)32-21-15-22(38)37(26(41)33-21)9-5-4-8-35-10-12-36(13-11-35)25-31-16-20(24(39)40)23(34-25)27(28,29)30/h6-7,14-16,32H,3-5,8-13H2,1-2H3,(H,33,41)(H,39,40). The van der Waals surface area contributed by atoms with E-state index in [0.29, 0.717) is 57.6 Å². The minimum Gasteiger partial charge on any atom is -0.478 e. The Morgan fingerprint density at radius 3 is 2.44 bits per heavy atom. The lowest BCUT2D eigenvalue weighted by Gasteiger charge is -2.34. The highest BCUT2D eigenvalue weighted by atomic mass is 19.4. The van der Waals surface area contributed by atoms with Gasteiger partial charge in [0.1, 0.15) is 11.4 Å². The van der Waals surface area contributed by atoms with E-state index in [4.69, 9.17) is 5.11 Å². The highest BCUT2D eigenvalue weighted by Gasteiger charge is 2.38. The number of hydrogen-bond donors (Lipinski definition) is 3. The first-order valence-electron chi connectivity index (χ1n) is 13.3. The molecular formula is C27H32F3N7O4. The lowest BCUT2D eigenvalue weighted by atomic mass is 10.1. The van der Waals surface area contributed by atoms with Gasteiger partial charge in [0, 0.05) is 50.7 Å². The Morgan fingerprint density at radius 2 is 1.80 bits per heavy atom. The van der Waals surface area contributed by atoms with Gasteiger partial charge in [-0.1, -0.05) is 13.0 Å². The number of aromatic nitrogens is 4. The summed E-state index contributed by atoms with van der Waals surface area (Å²) in [5.74, 6) is -1.58. The van der Waals surface area contributed by atoms with Gasteiger partial charge in [-0.15, -0.1) is 0 Å². The predicted octanol–water partition coefficient (Wildman–Crippen LogP) is 3.26. The number of carbonyl (C=O) groups is 1. The van der Waals surface area contributed by atoms with Crippen molar-refractivity contribution in [3.8, 4) is 0 Å². The Morgan fingerprint density at radius 1 is 1.10 bits per heavy atom. The third-order valence-electron chi connectivity index (χ3n) is 7.07. The maximum atomic E-state index is 13.3. The van der Waals surface area contributed by atoms with E-state index in [0.717, 1.165) is 16.7 Å². The van der Waals surface area contributed by atoms with Crippen molar-refractivity contribution in [3.63, 3.8) is 0 Å². The second-order valence-electron chi connectivity index (χ2n) is 9.87. The third kappa shape index (κ3) is 7.31. The van der Waals surface area contributed by atoms with Crippen molar-refractivity contribution in [2.75, 3.05) is 42.9 Å². The van der Waals surface area contributed by atoms with Crippen molar-refractivity contribution in [2.24, 2.45) is 0 Å². The normalized spacial score (nSPS) is 14.3. The van der Waals surface area contributed by atoms with Crippen LogP contribution >= 0.6 is 0 Å². The fourth-order valence-corrected chi connectivity index (χ4v) is 4.76. The number of aromatic amines is 1. The number of anilines is 3. The molecule has 2 aromatic heterocycles. The largest absolute Gasteiger partial charge is 0.478 e. The molecule has 0 unspecified atom stereocenters. The molecule has 11 nitrogen and oxygen atoms in total. The van der Waals surface area contributed by atoms with Crippen LogP contribution in [0.5, 0.6) is 0 Å². The molecule has 1 aromatic carbocycles.